The highest BCUT2D eigenvalue weighted by Crippen LogP contribution is 2.15. The SMILES string of the molecule is CCCc1cc(=O)[nH]c(-n2nc(C)cc2NC(=O)COc2ccc(C)cc2)n1. The third kappa shape index (κ3) is 4.85. The number of H-pyrrole nitrogens is 1. The summed E-state index contributed by atoms with van der Waals surface area (Å²) in [7, 11) is 0. The number of nitrogens with zero attached hydrogens (tertiary/aromatic N) is 3. The van der Waals surface area contributed by atoms with Crippen LogP contribution in [0.5, 0.6) is 5.75 Å². The van der Waals surface area contributed by atoms with E-state index in [9.17, 15) is 9.59 Å². The molecule has 0 bridgehead atoms. The second kappa shape index (κ2) is 8.51. The monoisotopic (exact) mass is 381 g/mol. The standard InChI is InChI=1S/C20H23N5O3/c1-4-5-15-11-18(26)23-20(21-15)25-17(10-14(3)24-25)22-19(27)12-28-16-8-6-13(2)7-9-16/h6-11H,4-5,12H2,1-3H3,(H,22,27)(H,21,23,26). The fourth-order valence-corrected chi connectivity index (χ4v) is 2.69. The average molecular weight is 381 g/mol. The average Bonchev–Trinajstić information content (AvgIpc) is 3.01. The topological polar surface area (TPSA) is 102 Å². The summed E-state index contributed by atoms with van der Waals surface area (Å²) in [6.45, 7) is 5.64. The molecule has 28 heavy (non-hydrogen) atoms. The van der Waals surface area contributed by atoms with E-state index in [4.69, 9.17) is 4.74 Å². The van der Waals surface area contributed by atoms with Crippen molar-refractivity contribution in [2.45, 2.75) is 33.6 Å². The van der Waals surface area contributed by atoms with Gasteiger partial charge in [0.2, 0.25) is 5.95 Å². The zero-order valence-corrected chi connectivity index (χ0v) is 16.2. The molecule has 2 aromatic heterocycles. The number of anilines is 1. The third-order valence-electron chi connectivity index (χ3n) is 3.98. The number of carbonyl (C=O) groups is 1. The summed E-state index contributed by atoms with van der Waals surface area (Å²) >= 11 is 0. The Morgan fingerprint density at radius 2 is 1.96 bits per heavy atom. The minimum atomic E-state index is -0.339. The smallest absolute Gasteiger partial charge is 0.263 e. The molecule has 0 aliphatic rings. The van der Waals surface area contributed by atoms with Gasteiger partial charge in [0.25, 0.3) is 11.5 Å². The van der Waals surface area contributed by atoms with Crippen LogP contribution in [0.4, 0.5) is 5.82 Å². The van der Waals surface area contributed by atoms with Crippen molar-refractivity contribution in [1.29, 1.82) is 0 Å². The quantitative estimate of drug-likeness (QED) is 0.655. The van der Waals surface area contributed by atoms with Crippen molar-refractivity contribution in [3.8, 4) is 11.7 Å². The number of aromatic nitrogens is 4. The molecular formula is C20H23N5O3. The first-order chi connectivity index (χ1) is 13.4. The van der Waals surface area contributed by atoms with Crippen LogP contribution in [0.15, 0.2) is 41.2 Å². The number of rotatable bonds is 7. The van der Waals surface area contributed by atoms with E-state index in [0.29, 0.717) is 29.4 Å². The van der Waals surface area contributed by atoms with Gasteiger partial charge in [0, 0.05) is 17.8 Å². The van der Waals surface area contributed by atoms with Crippen LogP contribution in [0, 0.1) is 13.8 Å². The lowest BCUT2D eigenvalue weighted by Crippen LogP contribution is -2.23. The molecule has 146 valence electrons. The Kier molecular flexibility index (Phi) is 5.88. The molecule has 0 aliphatic heterocycles. The predicted octanol–water partition coefficient (Wildman–Crippen LogP) is 2.54. The van der Waals surface area contributed by atoms with Crippen molar-refractivity contribution in [3.05, 3.63) is 63.7 Å². The van der Waals surface area contributed by atoms with Crippen LogP contribution in [-0.4, -0.2) is 32.3 Å². The second-order valence-corrected chi connectivity index (χ2v) is 6.54. The van der Waals surface area contributed by atoms with E-state index in [-0.39, 0.29) is 24.0 Å². The molecule has 2 heterocycles. The molecule has 3 aromatic rings. The van der Waals surface area contributed by atoms with Gasteiger partial charge in [-0.2, -0.15) is 9.78 Å². The zero-order chi connectivity index (χ0) is 20.1. The summed E-state index contributed by atoms with van der Waals surface area (Å²) in [6, 6.07) is 10.6. The number of ether oxygens (including phenoxy) is 1. The van der Waals surface area contributed by atoms with Crippen LogP contribution < -0.4 is 15.6 Å². The minimum absolute atomic E-state index is 0.146. The number of hydrogen-bond acceptors (Lipinski definition) is 5. The van der Waals surface area contributed by atoms with Crippen molar-refractivity contribution < 1.29 is 9.53 Å². The van der Waals surface area contributed by atoms with Gasteiger partial charge in [0.1, 0.15) is 11.6 Å². The summed E-state index contributed by atoms with van der Waals surface area (Å²) in [6.07, 6.45) is 1.55. The van der Waals surface area contributed by atoms with Gasteiger partial charge in [0.15, 0.2) is 6.61 Å². The van der Waals surface area contributed by atoms with Crippen LogP contribution in [0.1, 0.15) is 30.3 Å². The number of nitrogens with one attached hydrogen (secondary N) is 2. The first-order valence-corrected chi connectivity index (χ1v) is 9.11. The van der Waals surface area contributed by atoms with Gasteiger partial charge in [-0.1, -0.05) is 31.0 Å². The van der Waals surface area contributed by atoms with Gasteiger partial charge in [-0.25, -0.2) is 4.98 Å². The van der Waals surface area contributed by atoms with Crippen LogP contribution in [0.3, 0.4) is 0 Å². The van der Waals surface area contributed by atoms with E-state index in [1.165, 1.54) is 10.7 Å². The van der Waals surface area contributed by atoms with Crippen molar-refractivity contribution in [3.63, 3.8) is 0 Å². The maximum atomic E-state index is 12.3. The number of carbonyl (C=O) groups excluding carboxylic acids is 1. The number of amides is 1. The maximum absolute atomic E-state index is 12.3. The van der Waals surface area contributed by atoms with Crippen molar-refractivity contribution in [2.24, 2.45) is 0 Å². The largest absolute Gasteiger partial charge is 0.484 e. The highest BCUT2D eigenvalue weighted by molar-refractivity contribution is 5.91. The Bertz CT molecular complexity index is 1020. The van der Waals surface area contributed by atoms with E-state index in [1.807, 2.05) is 38.1 Å². The highest BCUT2D eigenvalue weighted by Gasteiger charge is 2.14. The lowest BCUT2D eigenvalue weighted by atomic mass is 10.2. The van der Waals surface area contributed by atoms with Crippen LogP contribution in [0.2, 0.25) is 0 Å². The molecule has 0 unspecified atom stereocenters. The van der Waals surface area contributed by atoms with E-state index < -0.39 is 0 Å². The van der Waals surface area contributed by atoms with E-state index in [2.05, 4.69) is 20.4 Å². The fraction of sp³-hybridized carbons (Fsp3) is 0.300. The Labute approximate surface area is 162 Å². The van der Waals surface area contributed by atoms with Crippen molar-refractivity contribution >= 4 is 11.7 Å². The summed E-state index contributed by atoms with van der Waals surface area (Å²) in [5.74, 6) is 0.947. The van der Waals surface area contributed by atoms with Crippen molar-refractivity contribution in [2.75, 3.05) is 11.9 Å². The molecule has 8 heteroatoms. The number of aromatic amines is 1. The van der Waals surface area contributed by atoms with Gasteiger partial charge in [-0.15, -0.1) is 0 Å². The summed E-state index contributed by atoms with van der Waals surface area (Å²) < 4.78 is 6.92. The summed E-state index contributed by atoms with van der Waals surface area (Å²) in [5.41, 5.74) is 2.21. The molecule has 0 atom stereocenters. The van der Waals surface area contributed by atoms with Crippen LogP contribution >= 0.6 is 0 Å². The number of aryl methyl sites for hydroxylation is 3. The van der Waals surface area contributed by atoms with Crippen LogP contribution in [-0.2, 0) is 11.2 Å². The van der Waals surface area contributed by atoms with E-state index >= 15 is 0 Å². The predicted molar refractivity (Wildman–Crippen MR) is 106 cm³/mol. The summed E-state index contributed by atoms with van der Waals surface area (Å²) in [5, 5.41) is 7.09. The molecule has 1 aromatic carbocycles. The molecule has 0 fully saturated rings. The zero-order valence-electron chi connectivity index (χ0n) is 16.2. The Balaban J connectivity index is 1.76. The molecule has 0 saturated heterocycles. The molecule has 0 aliphatic carbocycles. The normalized spacial score (nSPS) is 10.7. The lowest BCUT2D eigenvalue weighted by Gasteiger charge is -2.10. The summed E-state index contributed by atoms with van der Waals surface area (Å²) in [4.78, 5) is 31.4. The van der Waals surface area contributed by atoms with E-state index in [0.717, 1.165) is 12.0 Å². The van der Waals surface area contributed by atoms with Gasteiger partial charge < -0.3 is 10.1 Å². The Hall–Kier alpha value is -3.42. The second-order valence-electron chi connectivity index (χ2n) is 6.54. The lowest BCUT2D eigenvalue weighted by molar-refractivity contribution is -0.118. The van der Waals surface area contributed by atoms with Gasteiger partial charge >= 0.3 is 0 Å². The molecule has 0 spiro atoms. The van der Waals surface area contributed by atoms with Gasteiger partial charge in [0.05, 0.1) is 5.69 Å². The first kappa shape index (κ1) is 19.3. The molecule has 2 N–H and O–H groups in total. The molecule has 8 nitrogen and oxygen atoms in total. The number of hydrogen-bond donors (Lipinski definition) is 2. The number of benzene rings is 1. The van der Waals surface area contributed by atoms with Crippen LogP contribution in [0.25, 0.3) is 5.95 Å². The Morgan fingerprint density at radius 3 is 2.68 bits per heavy atom. The first-order valence-electron chi connectivity index (χ1n) is 9.11. The Morgan fingerprint density at radius 1 is 1.21 bits per heavy atom. The molecule has 0 radical (unpaired) electrons. The molecule has 1 amide bonds. The maximum Gasteiger partial charge on any atom is 0.263 e. The van der Waals surface area contributed by atoms with Crippen molar-refractivity contribution in [1.82, 2.24) is 19.7 Å². The van der Waals surface area contributed by atoms with Gasteiger partial charge in [-0.3, -0.25) is 14.6 Å². The minimum Gasteiger partial charge on any atom is -0.484 e. The third-order valence-corrected chi connectivity index (χ3v) is 3.98. The highest BCUT2D eigenvalue weighted by atomic mass is 16.5. The fourth-order valence-electron chi connectivity index (χ4n) is 2.69. The van der Waals surface area contributed by atoms with Gasteiger partial charge in [-0.05, 0) is 32.4 Å². The molecular weight excluding hydrogens is 358 g/mol. The molecule has 0 saturated carbocycles. The molecule has 3 rings (SSSR count). The van der Waals surface area contributed by atoms with E-state index in [1.54, 1.807) is 13.0 Å².